The summed E-state index contributed by atoms with van der Waals surface area (Å²) in [6.07, 6.45) is 3.71. The van der Waals surface area contributed by atoms with E-state index in [1.807, 2.05) is 13.8 Å². The zero-order valence-electron chi connectivity index (χ0n) is 8.37. The van der Waals surface area contributed by atoms with E-state index in [1.54, 1.807) is 6.08 Å². The number of carboxylic acids is 1. The quantitative estimate of drug-likeness (QED) is 0.549. The normalized spacial score (nSPS) is 17.0. The molecule has 0 fully saturated rings. The van der Waals surface area contributed by atoms with Gasteiger partial charge in [-0.2, -0.15) is 0 Å². The van der Waals surface area contributed by atoms with E-state index in [-0.39, 0.29) is 5.57 Å². The van der Waals surface area contributed by atoms with Gasteiger partial charge in [0.2, 0.25) is 0 Å². The Labute approximate surface area is 83.2 Å². The molecule has 3 nitrogen and oxygen atoms in total. The minimum atomic E-state index is -0.972. The van der Waals surface area contributed by atoms with E-state index in [0.717, 1.165) is 23.4 Å². The fraction of sp³-hybridized carbons (Fsp3) is 0.273. The van der Waals surface area contributed by atoms with Crippen LogP contribution in [-0.4, -0.2) is 16.8 Å². The van der Waals surface area contributed by atoms with E-state index >= 15 is 0 Å². The highest BCUT2D eigenvalue weighted by molar-refractivity contribution is 5.92. The van der Waals surface area contributed by atoms with E-state index in [1.165, 1.54) is 6.08 Å². The molecule has 1 aliphatic rings. The Balaban J connectivity index is 3.01. The van der Waals surface area contributed by atoms with Crippen molar-refractivity contribution in [2.75, 3.05) is 0 Å². The second kappa shape index (κ2) is 4.05. The van der Waals surface area contributed by atoms with Gasteiger partial charge in [0.25, 0.3) is 0 Å². The molecule has 0 saturated heterocycles. The predicted octanol–water partition coefficient (Wildman–Crippen LogP) is 2.32. The zero-order valence-corrected chi connectivity index (χ0v) is 8.37. The van der Waals surface area contributed by atoms with Gasteiger partial charge in [0, 0.05) is 12.1 Å². The topological polar surface area (TPSA) is 49.7 Å². The second-order valence-corrected chi connectivity index (χ2v) is 3.30. The molecule has 3 heteroatoms. The van der Waals surface area contributed by atoms with Crippen LogP contribution in [0.4, 0.5) is 0 Å². The average molecular weight is 191 g/mol. The maximum absolute atomic E-state index is 10.7. The van der Waals surface area contributed by atoms with Crippen LogP contribution >= 0.6 is 0 Å². The maximum Gasteiger partial charge on any atom is 0.335 e. The number of carboxylic acid groups (broad SMARTS) is 1. The molecule has 1 N–H and O–H groups in total. The van der Waals surface area contributed by atoms with Crippen molar-refractivity contribution in [2.45, 2.75) is 20.3 Å². The van der Waals surface area contributed by atoms with Gasteiger partial charge in [0.1, 0.15) is 0 Å². The highest BCUT2D eigenvalue weighted by Gasteiger charge is 2.11. The molecule has 0 unspecified atom stereocenters. The monoisotopic (exact) mass is 191 g/mol. The van der Waals surface area contributed by atoms with Gasteiger partial charge in [-0.05, 0) is 25.5 Å². The third-order valence-corrected chi connectivity index (χ3v) is 2.03. The Morgan fingerprint density at radius 2 is 2.21 bits per heavy atom. The minimum absolute atomic E-state index is 0.179. The van der Waals surface area contributed by atoms with E-state index in [0.29, 0.717) is 0 Å². The Kier molecular flexibility index (Phi) is 3.02. The molecule has 0 radical (unpaired) electrons. The van der Waals surface area contributed by atoms with Gasteiger partial charge in [0.05, 0.1) is 11.3 Å². The van der Waals surface area contributed by atoms with Crippen molar-refractivity contribution < 1.29 is 9.90 Å². The zero-order chi connectivity index (χ0) is 10.7. The SMILES string of the molecule is C=C/C(=C\C1=C(C)CC(C)=N1)C(=O)O. The number of aliphatic carboxylic acids is 1. The third kappa shape index (κ3) is 2.19. The summed E-state index contributed by atoms with van der Waals surface area (Å²) in [5.74, 6) is -0.972. The van der Waals surface area contributed by atoms with Gasteiger partial charge >= 0.3 is 5.97 Å². The molecule has 14 heavy (non-hydrogen) atoms. The van der Waals surface area contributed by atoms with Crippen LogP contribution in [0.3, 0.4) is 0 Å². The van der Waals surface area contributed by atoms with Crippen LogP contribution in [0.15, 0.2) is 40.6 Å². The second-order valence-electron chi connectivity index (χ2n) is 3.30. The summed E-state index contributed by atoms with van der Waals surface area (Å²) >= 11 is 0. The summed E-state index contributed by atoms with van der Waals surface area (Å²) in [4.78, 5) is 14.9. The number of carbonyl (C=O) groups is 1. The molecular formula is C11H13NO2. The Morgan fingerprint density at radius 1 is 1.57 bits per heavy atom. The summed E-state index contributed by atoms with van der Waals surface area (Å²) in [6.45, 7) is 7.33. The molecule has 0 bridgehead atoms. The van der Waals surface area contributed by atoms with Gasteiger partial charge in [-0.3, -0.25) is 4.99 Å². The van der Waals surface area contributed by atoms with Crippen molar-refractivity contribution >= 4 is 11.7 Å². The number of aliphatic imine (C=N–C) groups is 1. The van der Waals surface area contributed by atoms with Crippen LogP contribution in [0.1, 0.15) is 20.3 Å². The lowest BCUT2D eigenvalue weighted by molar-refractivity contribution is -0.132. The number of rotatable bonds is 3. The van der Waals surface area contributed by atoms with Crippen molar-refractivity contribution in [3.8, 4) is 0 Å². The van der Waals surface area contributed by atoms with Gasteiger partial charge < -0.3 is 5.11 Å². The lowest BCUT2D eigenvalue weighted by Crippen LogP contribution is -1.97. The van der Waals surface area contributed by atoms with E-state index < -0.39 is 5.97 Å². The van der Waals surface area contributed by atoms with E-state index in [4.69, 9.17) is 5.11 Å². The maximum atomic E-state index is 10.7. The van der Waals surface area contributed by atoms with Gasteiger partial charge in [-0.25, -0.2) is 4.79 Å². The predicted molar refractivity (Wildman–Crippen MR) is 56.3 cm³/mol. The molecule has 74 valence electrons. The van der Waals surface area contributed by atoms with Crippen LogP contribution in [0.25, 0.3) is 0 Å². The van der Waals surface area contributed by atoms with Gasteiger partial charge in [0.15, 0.2) is 0 Å². The molecule has 1 rings (SSSR count). The van der Waals surface area contributed by atoms with Crippen LogP contribution in [0.2, 0.25) is 0 Å². The largest absolute Gasteiger partial charge is 0.478 e. The first-order valence-electron chi connectivity index (χ1n) is 4.36. The molecular weight excluding hydrogens is 178 g/mol. The summed E-state index contributed by atoms with van der Waals surface area (Å²) in [6, 6.07) is 0. The lowest BCUT2D eigenvalue weighted by Gasteiger charge is -1.95. The number of allylic oxidation sites excluding steroid dienone is 2. The van der Waals surface area contributed by atoms with Crippen LogP contribution in [0.5, 0.6) is 0 Å². The molecule has 0 saturated carbocycles. The van der Waals surface area contributed by atoms with Crippen molar-refractivity contribution in [3.63, 3.8) is 0 Å². The third-order valence-electron chi connectivity index (χ3n) is 2.03. The molecule has 0 aromatic heterocycles. The summed E-state index contributed by atoms with van der Waals surface area (Å²) < 4.78 is 0. The smallest absolute Gasteiger partial charge is 0.335 e. The summed E-state index contributed by atoms with van der Waals surface area (Å²) in [7, 11) is 0. The molecule has 0 spiro atoms. The average Bonchev–Trinajstić information content (AvgIpc) is 2.40. The molecule has 1 aliphatic heterocycles. The van der Waals surface area contributed by atoms with Gasteiger partial charge in [-0.15, -0.1) is 0 Å². The highest BCUT2D eigenvalue weighted by atomic mass is 16.4. The summed E-state index contributed by atoms with van der Waals surface area (Å²) in [5, 5.41) is 8.78. The highest BCUT2D eigenvalue weighted by Crippen LogP contribution is 2.21. The fourth-order valence-corrected chi connectivity index (χ4v) is 1.33. The first kappa shape index (κ1) is 10.4. The van der Waals surface area contributed by atoms with Gasteiger partial charge in [-0.1, -0.05) is 12.7 Å². The van der Waals surface area contributed by atoms with Crippen molar-refractivity contribution in [1.29, 1.82) is 0 Å². The molecule has 1 heterocycles. The summed E-state index contributed by atoms with van der Waals surface area (Å²) in [5.41, 5.74) is 3.04. The van der Waals surface area contributed by atoms with E-state index in [2.05, 4.69) is 11.6 Å². The molecule has 0 aromatic carbocycles. The van der Waals surface area contributed by atoms with Crippen molar-refractivity contribution in [2.24, 2.45) is 4.99 Å². The molecule has 0 aliphatic carbocycles. The van der Waals surface area contributed by atoms with Crippen LogP contribution < -0.4 is 0 Å². The number of nitrogens with zero attached hydrogens (tertiary/aromatic N) is 1. The number of hydrogen-bond acceptors (Lipinski definition) is 2. The molecule has 0 amide bonds. The van der Waals surface area contributed by atoms with Crippen LogP contribution in [-0.2, 0) is 4.79 Å². The first-order valence-corrected chi connectivity index (χ1v) is 4.36. The minimum Gasteiger partial charge on any atom is -0.478 e. The standard InChI is InChI=1S/C11H13NO2/c1-4-9(11(13)14)6-10-7(2)5-8(3)12-10/h4,6H,1,5H2,2-3H3,(H,13,14)/b9-6+. The lowest BCUT2D eigenvalue weighted by atomic mass is 10.1. The molecule has 0 atom stereocenters. The Morgan fingerprint density at radius 3 is 2.57 bits per heavy atom. The Bertz CT molecular complexity index is 373. The Hall–Kier alpha value is -1.64. The number of hydrogen-bond donors (Lipinski definition) is 1. The van der Waals surface area contributed by atoms with Crippen molar-refractivity contribution in [3.05, 3.63) is 35.6 Å². The van der Waals surface area contributed by atoms with E-state index in [9.17, 15) is 4.79 Å². The molecule has 0 aromatic rings. The van der Waals surface area contributed by atoms with Crippen LogP contribution in [0, 0.1) is 0 Å². The first-order chi connectivity index (χ1) is 6.54. The van der Waals surface area contributed by atoms with Crippen molar-refractivity contribution in [1.82, 2.24) is 0 Å². The fourth-order valence-electron chi connectivity index (χ4n) is 1.33.